The van der Waals surface area contributed by atoms with E-state index in [1.807, 2.05) is 0 Å². The number of carboxylic acid groups (broad SMARTS) is 1. The minimum atomic E-state index is -0.871. The van der Waals surface area contributed by atoms with Crippen LogP contribution in [0.15, 0.2) is 24.3 Å². The van der Waals surface area contributed by atoms with E-state index in [2.05, 4.69) is 5.32 Å². The highest BCUT2D eigenvalue weighted by Crippen LogP contribution is 2.52. The molecule has 0 unspecified atom stereocenters. The van der Waals surface area contributed by atoms with Gasteiger partial charge in [-0.3, -0.25) is 9.59 Å². The highest BCUT2D eigenvalue weighted by Gasteiger charge is 2.47. The highest BCUT2D eigenvalue weighted by atomic mass is 16.5. The number of anilines is 1. The predicted molar refractivity (Wildman–Crippen MR) is 81.6 cm³/mol. The molecule has 3 rings (SSSR count). The molecule has 5 nitrogen and oxygen atoms in total. The third-order valence-electron chi connectivity index (χ3n) is 4.83. The van der Waals surface area contributed by atoms with E-state index in [1.54, 1.807) is 24.3 Å². The zero-order chi connectivity index (χ0) is 15.6. The summed E-state index contributed by atoms with van der Waals surface area (Å²) >= 11 is 0. The van der Waals surface area contributed by atoms with Crippen LogP contribution in [0.25, 0.3) is 0 Å². The monoisotopic (exact) mass is 303 g/mol. The summed E-state index contributed by atoms with van der Waals surface area (Å²) in [5.41, 5.74) is 1.70. The first-order chi connectivity index (χ1) is 10.6. The van der Waals surface area contributed by atoms with Gasteiger partial charge >= 0.3 is 5.97 Å². The number of hydrogen-bond acceptors (Lipinski definition) is 3. The Labute approximate surface area is 129 Å². The van der Waals surface area contributed by atoms with Crippen LogP contribution in [0.4, 0.5) is 5.69 Å². The summed E-state index contributed by atoms with van der Waals surface area (Å²) in [4.78, 5) is 23.0. The molecule has 22 heavy (non-hydrogen) atoms. The number of carbonyl (C=O) groups is 2. The summed E-state index contributed by atoms with van der Waals surface area (Å²) in [6.07, 6.45) is 3.97. The van der Waals surface area contributed by atoms with Gasteiger partial charge in [-0.25, -0.2) is 0 Å². The summed E-state index contributed by atoms with van der Waals surface area (Å²) in [7, 11) is 0. The van der Waals surface area contributed by atoms with E-state index in [1.165, 1.54) is 0 Å². The van der Waals surface area contributed by atoms with Crippen molar-refractivity contribution < 1.29 is 19.4 Å². The predicted octanol–water partition coefficient (Wildman–Crippen LogP) is 2.46. The molecule has 1 aromatic rings. The van der Waals surface area contributed by atoms with Crippen LogP contribution in [-0.2, 0) is 20.7 Å². The smallest absolute Gasteiger partial charge is 0.307 e. The van der Waals surface area contributed by atoms with Crippen LogP contribution in [0, 0.1) is 11.3 Å². The fraction of sp³-hybridized carbons (Fsp3) is 0.529. The van der Waals surface area contributed by atoms with E-state index in [0.29, 0.717) is 16.7 Å². The topological polar surface area (TPSA) is 75.6 Å². The number of amides is 1. The summed E-state index contributed by atoms with van der Waals surface area (Å²) < 4.78 is 5.39. The van der Waals surface area contributed by atoms with Crippen LogP contribution in [0.3, 0.4) is 0 Å². The van der Waals surface area contributed by atoms with Gasteiger partial charge in [-0.1, -0.05) is 12.1 Å². The molecule has 2 fully saturated rings. The number of carbonyl (C=O) groups excluding carboxylic acids is 1. The van der Waals surface area contributed by atoms with Crippen LogP contribution in [0.1, 0.15) is 31.2 Å². The van der Waals surface area contributed by atoms with Crippen LogP contribution < -0.4 is 5.32 Å². The van der Waals surface area contributed by atoms with E-state index in [4.69, 9.17) is 9.84 Å². The Morgan fingerprint density at radius 1 is 1.27 bits per heavy atom. The molecule has 0 radical (unpaired) electrons. The lowest BCUT2D eigenvalue weighted by atomic mass is 9.58. The van der Waals surface area contributed by atoms with E-state index in [-0.39, 0.29) is 18.2 Å². The average molecular weight is 303 g/mol. The zero-order valence-corrected chi connectivity index (χ0v) is 12.5. The molecule has 1 amide bonds. The van der Waals surface area contributed by atoms with Crippen molar-refractivity contribution in [2.45, 2.75) is 32.1 Å². The first-order valence-corrected chi connectivity index (χ1v) is 7.76. The lowest BCUT2D eigenvalue weighted by molar-refractivity contribution is -0.136. The molecule has 0 bridgehead atoms. The SMILES string of the molecule is O=C(O)Cc1cccc(NC(=O)C2CC3(CCOCC3)C2)c1. The number of rotatable bonds is 4. The Morgan fingerprint density at radius 3 is 2.68 bits per heavy atom. The third-order valence-corrected chi connectivity index (χ3v) is 4.83. The van der Waals surface area contributed by atoms with Gasteiger partial charge in [0, 0.05) is 24.8 Å². The summed E-state index contributed by atoms with van der Waals surface area (Å²) in [6, 6.07) is 7.06. The van der Waals surface area contributed by atoms with Crippen LogP contribution in [-0.4, -0.2) is 30.2 Å². The van der Waals surface area contributed by atoms with Gasteiger partial charge in [0.25, 0.3) is 0 Å². The molecule has 1 aliphatic heterocycles. The van der Waals surface area contributed by atoms with Gasteiger partial charge in [0.2, 0.25) is 5.91 Å². The van der Waals surface area contributed by atoms with E-state index in [0.717, 1.165) is 38.9 Å². The van der Waals surface area contributed by atoms with E-state index in [9.17, 15) is 9.59 Å². The number of benzene rings is 1. The molecular weight excluding hydrogens is 282 g/mol. The van der Waals surface area contributed by atoms with Gasteiger partial charge in [0.1, 0.15) is 0 Å². The van der Waals surface area contributed by atoms with Gasteiger partial charge in [0.15, 0.2) is 0 Å². The van der Waals surface area contributed by atoms with Crippen molar-refractivity contribution in [2.24, 2.45) is 11.3 Å². The standard InChI is InChI=1S/C17H21NO4/c19-15(20)9-12-2-1-3-14(8-12)18-16(21)13-10-17(11-13)4-6-22-7-5-17/h1-3,8,13H,4-7,9-11H2,(H,18,21)(H,19,20). The Hall–Kier alpha value is -1.88. The Morgan fingerprint density at radius 2 is 2.00 bits per heavy atom. The largest absolute Gasteiger partial charge is 0.481 e. The second kappa shape index (κ2) is 6.08. The molecule has 2 N–H and O–H groups in total. The second-order valence-electron chi connectivity index (χ2n) is 6.48. The maximum absolute atomic E-state index is 12.3. The maximum atomic E-state index is 12.3. The van der Waals surface area contributed by atoms with E-state index >= 15 is 0 Å². The lowest BCUT2D eigenvalue weighted by Crippen LogP contribution is -2.46. The van der Waals surface area contributed by atoms with Crippen LogP contribution >= 0.6 is 0 Å². The molecule has 1 saturated carbocycles. The number of hydrogen-bond donors (Lipinski definition) is 2. The Kier molecular flexibility index (Phi) is 4.16. The van der Waals surface area contributed by atoms with Crippen molar-refractivity contribution in [3.63, 3.8) is 0 Å². The Balaban J connectivity index is 1.55. The Bertz CT molecular complexity index is 570. The van der Waals surface area contributed by atoms with Crippen molar-refractivity contribution >= 4 is 17.6 Å². The molecule has 1 spiro atoms. The molecule has 1 saturated heterocycles. The average Bonchev–Trinajstić information content (AvgIpc) is 2.45. The molecule has 2 aliphatic rings. The van der Waals surface area contributed by atoms with Crippen molar-refractivity contribution in [2.75, 3.05) is 18.5 Å². The second-order valence-corrected chi connectivity index (χ2v) is 6.48. The molecular formula is C17H21NO4. The third kappa shape index (κ3) is 3.30. The summed E-state index contributed by atoms with van der Waals surface area (Å²) in [5.74, 6) is -0.755. The molecule has 118 valence electrons. The number of ether oxygens (including phenoxy) is 1. The zero-order valence-electron chi connectivity index (χ0n) is 12.5. The molecule has 5 heteroatoms. The van der Waals surface area contributed by atoms with Crippen molar-refractivity contribution in [3.8, 4) is 0 Å². The number of aliphatic carboxylic acids is 1. The fourth-order valence-corrected chi connectivity index (χ4v) is 3.56. The van der Waals surface area contributed by atoms with Gasteiger partial charge in [-0.2, -0.15) is 0 Å². The van der Waals surface area contributed by atoms with Gasteiger partial charge in [0.05, 0.1) is 6.42 Å². The molecule has 1 heterocycles. The number of nitrogens with one attached hydrogen (secondary N) is 1. The first-order valence-electron chi connectivity index (χ1n) is 7.76. The fourth-order valence-electron chi connectivity index (χ4n) is 3.56. The minimum absolute atomic E-state index is 0.0315. The van der Waals surface area contributed by atoms with Gasteiger partial charge in [-0.15, -0.1) is 0 Å². The van der Waals surface area contributed by atoms with Gasteiger partial charge in [-0.05, 0) is 48.8 Å². The molecule has 1 aromatic carbocycles. The molecule has 1 aliphatic carbocycles. The molecule has 0 aromatic heterocycles. The van der Waals surface area contributed by atoms with E-state index < -0.39 is 5.97 Å². The summed E-state index contributed by atoms with van der Waals surface area (Å²) in [5, 5.41) is 11.7. The normalized spacial score (nSPS) is 20.4. The number of carboxylic acids is 1. The van der Waals surface area contributed by atoms with Crippen molar-refractivity contribution in [1.82, 2.24) is 0 Å². The lowest BCUT2D eigenvalue weighted by Gasteiger charge is -2.49. The van der Waals surface area contributed by atoms with Crippen LogP contribution in [0.2, 0.25) is 0 Å². The quantitative estimate of drug-likeness (QED) is 0.896. The van der Waals surface area contributed by atoms with Gasteiger partial charge < -0.3 is 15.2 Å². The van der Waals surface area contributed by atoms with Crippen LogP contribution in [0.5, 0.6) is 0 Å². The van der Waals surface area contributed by atoms with Crippen molar-refractivity contribution in [1.29, 1.82) is 0 Å². The summed E-state index contributed by atoms with van der Waals surface area (Å²) in [6.45, 7) is 1.62. The highest BCUT2D eigenvalue weighted by molar-refractivity contribution is 5.93. The minimum Gasteiger partial charge on any atom is -0.481 e. The molecule has 0 atom stereocenters. The first kappa shape index (κ1) is 15.0. The van der Waals surface area contributed by atoms with Crippen molar-refractivity contribution in [3.05, 3.63) is 29.8 Å². The maximum Gasteiger partial charge on any atom is 0.307 e.